The molecule has 0 amide bonds. The van der Waals surface area contributed by atoms with Crippen molar-refractivity contribution in [3.63, 3.8) is 0 Å². The van der Waals surface area contributed by atoms with E-state index in [0.717, 1.165) is 17.3 Å². The Kier molecular flexibility index (Phi) is 3.94. The number of benzene rings is 1. The highest BCUT2D eigenvalue weighted by Gasteiger charge is 2.40. The molecule has 1 fully saturated rings. The number of halogens is 2. The number of rotatable bonds is 4. The SMILES string of the molecule is CC(C)(NS(=O)(=O)c1cc(Br)ccc1Br)C1CC1. The molecule has 100 valence electrons. The van der Waals surface area contributed by atoms with Crippen LogP contribution in [-0.4, -0.2) is 14.0 Å². The van der Waals surface area contributed by atoms with Crippen LogP contribution in [0.25, 0.3) is 0 Å². The van der Waals surface area contributed by atoms with Crippen LogP contribution in [0.2, 0.25) is 0 Å². The van der Waals surface area contributed by atoms with E-state index in [9.17, 15) is 8.42 Å². The van der Waals surface area contributed by atoms with E-state index in [4.69, 9.17) is 0 Å². The Bertz CT molecular complexity index is 565. The molecule has 0 heterocycles. The van der Waals surface area contributed by atoms with E-state index in [1.165, 1.54) is 0 Å². The molecule has 1 N–H and O–H groups in total. The van der Waals surface area contributed by atoms with Crippen molar-refractivity contribution >= 4 is 41.9 Å². The van der Waals surface area contributed by atoms with E-state index < -0.39 is 10.0 Å². The maximum atomic E-state index is 12.4. The largest absolute Gasteiger partial charge is 0.242 e. The molecule has 1 aromatic rings. The topological polar surface area (TPSA) is 46.2 Å². The Hall–Kier alpha value is 0.0900. The Morgan fingerprint density at radius 3 is 2.44 bits per heavy atom. The summed E-state index contributed by atoms with van der Waals surface area (Å²) in [5, 5.41) is 0. The van der Waals surface area contributed by atoms with Gasteiger partial charge in [0.25, 0.3) is 0 Å². The molecule has 0 saturated heterocycles. The van der Waals surface area contributed by atoms with E-state index in [1.54, 1.807) is 18.2 Å². The van der Waals surface area contributed by atoms with Gasteiger partial charge in [-0.25, -0.2) is 13.1 Å². The summed E-state index contributed by atoms with van der Waals surface area (Å²) in [5.41, 5.74) is -0.388. The number of sulfonamides is 1. The molecule has 18 heavy (non-hydrogen) atoms. The number of hydrogen-bond acceptors (Lipinski definition) is 2. The highest BCUT2D eigenvalue weighted by molar-refractivity contribution is 9.11. The Labute approximate surface area is 125 Å². The summed E-state index contributed by atoms with van der Waals surface area (Å²) in [7, 11) is -3.50. The van der Waals surface area contributed by atoms with Crippen molar-refractivity contribution in [2.45, 2.75) is 37.1 Å². The first-order valence-corrected chi connectivity index (χ1v) is 8.78. The Balaban J connectivity index is 2.33. The maximum absolute atomic E-state index is 12.4. The smallest absolute Gasteiger partial charge is 0.207 e. The second-order valence-electron chi connectivity index (χ2n) is 5.18. The Morgan fingerprint density at radius 1 is 1.28 bits per heavy atom. The molecule has 1 aromatic carbocycles. The molecule has 0 aromatic heterocycles. The van der Waals surface area contributed by atoms with Crippen molar-refractivity contribution in [1.29, 1.82) is 0 Å². The van der Waals surface area contributed by atoms with E-state index in [2.05, 4.69) is 36.6 Å². The van der Waals surface area contributed by atoms with Crippen LogP contribution in [-0.2, 0) is 10.0 Å². The molecule has 0 radical (unpaired) electrons. The molecular formula is C12H15Br2NO2S. The van der Waals surface area contributed by atoms with Crippen LogP contribution in [0.5, 0.6) is 0 Å². The summed E-state index contributed by atoms with van der Waals surface area (Å²) in [6.45, 7) is 3.88. The van der Waals surface area contributed by atoms with Gasteiger partial charge in [0.05, 0.1) is 4.90 Å². The molecule has 1 saturated carbocycles. The third-order valence-electron chi connectivity index (χ3n) is 3.18. The minimum absolute atomic E-state index is 0.269. The highest BCUT2D eigenvalue weighted by Crippen LogP contribution is 2.40. The van der Waals surface area contributed by atoms with Crippen molar-refractivity contribution in [3.8, 4) is 0 Å². The third kappa shape index (κ3) is 3.15. The molecule has 0 aliphatic heterocycles. The zero-order valence-electron chi connectivity index (χ0n) is 10.2. The second kappa shape index (κ2) is 4.89. The summed E-state index contributed by atoms with van der Waals surface area (Å²) in [6.07, 6.45) is 2.18. The summed E-state index contributed by atoms with van der Waals surface area (Å²) < 4.78 is 28.9. The molecule has 3 nitrogen and oxygen atoms in total. The second-order valence-corrected chi connectivity index (χ2v) is 8.60. The fourth-order valence-electron chi connectivity index (χ4n) is 1.97. The van der Waals surface area contributed by atoms with Gasteiger partial charge in [-0.15, -0.1) is 0 Å². The van der Waals surface area contributed by atoms with Crippen molar-refractivity contribution in [2.24, 2.45) is 5.92 Å². The summed E-state index contributed by atoms with van der Waals surface area (Å²) in [6, 6.07) is 5.13. The maximum Gasteiger partial charge on any atom is 0.242 e. The minimum atomic E-state index is -3.50. The zero-order valence-corrected chi connectivity index (χ0v) is 14.2. The molecule has 1 aliphatic rings. The quantitative estimate of drug-likeness (QED) is 0.843. The molecule has 2 rings (SSSR count). The van der Waals surface area contributed by atoms with Crippen molar-refractivity contribution < 1.29 is 8.42 Å². The van der Waals surface area contributed by atoms with Crippen molar-refractivity contribution in [1.82, 2.24) is 4.72 Å². The van der Waals surface area contributed by atoms with E-state index in [0.29, 0.717) is 10.4 Å². The average molecular weight is 397 g/mol. The van der Waals surface area contributed by atoms with Gasteiger partial charge in [-0.3, -0.25) is 0 Å². The van der Waals surface area contributed by atoms with Gasteiger partial charge in [-0.1, -0.05) is 15.9 Å². The molecule has 6 heteroatoms. The monoisotopic (exact) mass is 395 g/mol. The molecular weight excluding hydrogens is 382 g/mol. The lowest BCUT2D eigenvalue weighted by Crippen LogP contribution is -2.45. The van der Waals surface area contributed by atoms with E-state index in [-0.39, 0.29) is 10.4 Å². The van der Waals surface area contributed by atoms with Gasteiger partial charge in [0.1, 0.15) is 0 Å². The van der Waals surface area contributed by atoms with Gasteiger partial charge in [0.15, 0.2) is 0 Å². The zero-order chi connectivity index (χ0) is 13.6. The van der Waals surface area contributed by atoms with Crippen molar-refractivity contribution in [3.05, 3.63) is 27.1 Å². The van der Waals surface area contributed by atoms with Gasteiger partial charge in [0.2, 0.25) is 10.0 Å². The third-order valence-corrected chi connectivity index (χ3v) is 6.34. The normalized spacial score (nSPS) is 16.9. The van der Waals surface area contributed by atoms with E-state index in [1.807, 2.05) is 13.8 Å². The summed E-state index contributed by atoms with van der Waals surface area (Å²) >= 11 is 6.58. The molecule has 0 unspecified atom stereocenters. The van der Waals surface area contributed by atoms with Crippen molar-refractivity contribution in [2.75, 3.05) is 0 Å². The molecule has 0 spiro atoms. The van der Waals surface area contributed by atoms with Crippen LogP contribution >= 0.6 is 31.9 Å². The first kappa shape index (κ1) is 14.5. The lowest BCUT2D eigenvalue weighted by atomic mass is 10.0. The Morgan fingerprint density at radius 2 is 1.89 bits per heavy atom. The van der Waals surface area contributed by atoms with Crippen LogP contribution in [0.4, 0.5) is 0 Å². The van der Waals surface area contributed by atoms with Gasteiger partial charge < -0.3 is 0 Å². The van der Waals surface area contributed by atoms with Gasteiger partial charge in [0, 0.05) is 14.5 Å². The summed E-state index contributed by atoms with van der Waals surface area (Å²) in [4.78, 5) is 0.269. The minimum Gasteiger partial charge on any atom is -0.207 e. The number of hydrogen-bond donors (Lipinski definition) is 1. The predicted octanol–water partition coefficient (Wildman–Crippen LogP) is 3.68. The number of nitrogens with one attached hydrogen (secondary N) is 1. The van der Waals surface area contributed by atoms with Gasteiger partial charge >= 0.3 is 0 Å². The molecule has 0 bridgehead atoms. The fraction of sp³-hybridized carbons (Fsp3) is 0.500. The lowest BCUT2D eigenvalue weighted by molar-refractivity contribution is 0.400. The summed E-state index contributed by atoms with van der Waals surface area (Å²) in [5.74, 6) is 0.443. The van der Waals surface area contributed by atoms with Gasteiger partial charge in [-0.05, 0) is 66.7 Å². The highest BCUT2D eigenvalue weighted by atomic mass is 79.9. The molecule has 0 atom stereocenters. The van der Waals surface area contributed by atoms with Crippen LogP contribution in [0, 0.1) is 5.92 Å². The average Bonchev–Trinajstić information content (AvgIpc) is 3.03. The predicted molar refractivity (Wildman–Crippen MR) is 79.0 cm³/mol. The standard InChI is InChI=1S/C12H15Br2NO2S/c1-12(2,8-3-4-8)15-18(16,17)11-7-9(13)5-6-10(11)14/h5-8,15H,3-4H2,1-2H3. The van der Waals surface area contributed by atoms with Crippen LogP contribution in [0.1, 0.15) is 26.7 Å². The fourth-order valence-corrected chi connectivity index (χ4v) is 4.95. The van der Waals surface area contributed by atoms with Crippen LogP contribution in [0.3, 0.4) is 0 Å². The first-order chi connectivity index (χ1) is 8.22. The molecule has 1 aliphatic carbocycles. The lowest BCUT2D eigenvalue weighted by Gasteiger charge is -2.26. The van der Waals surface area contributed by atoms with Crippen LogP contribution < -0.4 is 4.72 Å². The van der Waals surface area contributed by atoms with E-state index >= 15 is 0 Å². The first-order valence-electron chi connectivity index (χ1n) is 5.71. The van der Waals surface area contributed by atoms with Crippen LogP contribution in [0.15, 0.2) is 32.0 Å². The van der Waals surface area contributed by atoms with Gasteiger partial charge in [-0.2, -0.15) is 0 Å².